The summed E-state index contributed by atoms with van der Waals surface area (Å²) in [7, 11) is 0. The third-order valence-electron chi connectivity index (χ3n) is 7.42. The number of benzene rings is 5. The van der Waals surface area contributed by atoms with Crippen molar-refractivity contribution in [1.82, 2.24) is 9.13 Å². The highest BCUT2D eigenvalue weighted by molar-refractivity contribution is 6.18. The van der Waals surface area contributed by atoms with Crippen molar-refractivity contribution in [3.8, 4) is 11.4 Å². The summed E-state index contributed by atoms with van der Waals surface area (Å²) in [6, 6.07) is 39.6. The lowest BCUT2D eigenvalue weighted by atomic mass is 10.0. The molecule has 2 N–H and O–H groups in total. The lowest BCUT2D eigenvalue weighted by molar-refractivity contribution is 1.13. The molecule has 7 rings (SSSR count). The molecule has 0 fully saturated rings. The second-order valence-electron chi connectivity index (χ2n) is 9.65. The summed E-state index contributed by atoms with van der Waals surface area (Å²) in [5.74, 6) is 0. The van der Waals surface area contributed by atoms with Gasteiger partial charge in [0.2, 0.25) is 0 Å². The quantitative estimate of drug-likeness (QED) is 0.242. The lowest BCUT2D eigenvalue weighted by Crippen LogP contribution is -1.94. The molecule has 0 aliphatic rings. The summed E-state index contributed by atoms with van der Waals surface area (Å²) < 4.78 is 4.67. The molecule has 0 aliphatic carbocycles. The van der Waals surface area contributed by atoms with Gasteiger partial charge >= 0.3 is 0 Å². The van der Waals surface area contributed by atoms with Gasteiger partial charge in [-0.1, -0.05) is 66.7 Å². The van der Waals surface area contributed by atoms with Gasteiger partial charge in [-0.2, -0.15) is 0 Å². The van der Waals surface area contributed by atoms with E-state index in [2.05, 4.69) is 131 Å². The number of nitrogens with zero attached hydrogens (tertiary/aromatic N) is 2. The zero-order valence-corrected chi connectivity index (χ0v) is 21.0. The van der Waals surface area contributed by atoms with E-state index in [0.717, 1.165) is 6.42 Å². The average Bonchev–Trinajstić information content (AvgIpc) is 3.55. The van der Waals surface area contributed by atoms with Gasteiger partial charge in [0.05, 0.1) is 16.6 Å². The van der Waals surface area contributed by atoms with Crippen molar-refractivity contribution in [3.63, 3.8) is 0 Å². The summed E-state index contributed by atoms with van der Waals surface area (Å²) >= 11 is 0. The van der Waals surface area contributed by atoms with Crippen LogP contribution in [0.15, 0.2) is 140 Å². The van der Waals surface area contributed by atoms with Gasteiger partial charge in [-0.25, -0.2) is 0 Å². The Balaban J connectivity index is 1.43. The van der Waals surface area contributed by atoms with Gasteiger partial charge in [0.25, 0.3) is 0 Å². The molecular weight excluding hydrogens is 462 g/mol. The SMILES string of the molecule is N/C=C\C=C/Cc1ccc(-n2c3ccccc3c3cc4ccc5c(ccn5-c5ccccc5)c4cc32)cc1. The maximum Gasteiger partial charge on any atom is 0.0547 e. The fourth-order valence-electron chi connectivity index (χ4n) is 5.63. The van der Waals surface area contributed by atoms with Gasteiger partial charge in [0, 0.05) is 33.7 Å². The van der Waals surface area contributed by atoms with Gasteiger partial charge in [-0.15, -0.1) is 0 Å². The first-order valence-electron chi connectivity index (χ1n) is 13.0. The molecule has 0 atom stereocenters. The molecule has 2 aromatic heterocycles. The van der Waals surface area contributed by atoms with E-state index in [4.69, 9.17) is 5.73 Å². The van der Waals surface area contributed by atoms with Crippen LogP contribution in [0.4, 0.5) is 0 Å². The van der Waals surface area contributed by atoms with Crippen molar-refractivity contribution in [3.05, 3.63) is 145 Å². The molecule has 182 valence electrons. The third-order valence-corrected chi connectivity index (χ3v) is 7.42. The van der Waals surface area contributed by atoms with E-state index in [1.54, 1.807) is 6.20 Å². The van der Waals surface area contributed by atoms with Gasteiger partial charge in [0.15, 0.2) is 0 Å². The Morgan fingerprint density at radius 3 is 2.21 bits per heavy atom. The fourth-order valence-corrected chi connectivity index (χ4v) is 5.63. The van der Waals surface area contributed by atoms with Crippen LogP contribution in [-0.4, -0.2) is 9.13 Å². The summed E-state index contributed by atoms with van der Waals surface area (Å²) in [5, 5.41) is 6.33. The van der Waals surface area contributed by atoms with Crippen molar-refractivity contribution in [2.75, 3.05) is 0 Å². The fraction of sp³-hybridized carbons (Fsp3) is 0.0286. The highest BCUT2D eigenvalue weighted by atomic mass is 15.0. The van der Waals surface area contributed by atoms with Crippen LogP contribution in [0.25, 0.3) is 54.9 Å². The maximum atomic E-state index is 5.43. The average molecular weight is 490 g/mol. The molecule has 0 unspecified atom stereocenters. The summed E-state index contributed by atoms with van der Waals surface area (Å²) in [5.41, 5.74) is 12.7. The first-order valence-corrected chi connectivity index (χ1v) is 13.0. The second kappa shape index (κ2) is 9.13. The van der Waals surface area contributed by atoms with Crippen LogP contribution >= 0.6 is 0 Å². The van der Waals surface area contributed by atoms with Crippen molar-refractivity contribution < 1.29 is 0 Å². The molecule has 0 amide bonds. The van der Waals surface area contributed by atoms with Crippen LogP contribution in [-0.2, 0) is 6.42 Å². The maximum absolute atomic E-state index is 5.43. The molecule has 0 radical (unpaired) electrons. The molecule has 3 nitrogen and oxygen atoms in total. The summed E-state index contributed by atoms with van der Waals surface area (Å²) in [4.78, 5) is 0. The zero-order valence-electron chi connectivity index (χ0n) is 21.0. The number of allylic oxidation sites excluding steroid dienone is 3. The zero-order chi connectivity index (χ0) is 25.5. The molecule has 0 spiro atoms. The number of rotatable bonds is 5. The number of aromatic nitrogens is 2. The molecule has 0 saturated heterocycles. The van der Waals surface area contributed by atoms with Crippen LogP contribution in [0.1, 0.15) is 5.56 Å². The van der Waals surface area contributed by atoms with Crippen molar-refractivity contribution >= 4 is 43.5 Å². The molecule has 2 heterocycles. The Kier molecular flexibility index (Phi) is 5.33. The van der Waals surface area contributed by atoms with Gasteiger partial charge in [-0.3, -0.25) is 0 Å². The molecule has 0 saturated carbocycles. The number of hydrogen-bond acceptors (Lipinski definition) is 1. The van der Waals surface area contributed by atoms with Crippen molar-refractivity contribution in [2.45, 2.75) is 6.42 Å². The predicted molar refractivity (Wildman–Crippen MR) is 161 cm³/mol. The normalized spacial score (nSPS) is 12.2. The highest BCUT2D eigenvalue weighted by Crippen LogP contribution is 2.37. The number of nitrogens with two attached hydrogens (primary N) is 1. The number of para-hydroxylation sites is 2. The molecule has 0 aliphatic heterocycles. The van der Waals surface area contributed by atoms with Crippen LogP contribution in [0, 0.1) is 0 Å². The van der Waals surface area contributed by atoms with Gasteiger partial charge in [-0.05, 0) is 89.6 Å². The topological polar surface area (TPSA) is 35.9 Å². The van der Waals surface area contributed by atoms with E-state index in [9.17, 15) is 0 Å². The Bertz CT molecular complexity index is 1980. The Morgan fingerprint density at radius 1 is 0.579 bits per heavy atom. The minimum Gasteiger partial charge on any atom is -0.405 e. The minimum atomic E-state index is 0.874. The minimum absolute atomic E-state index is 0.874. The highest BCUT2D eigenvalue weighted by Gasteiger charge is 2.15. The van der Waals surface area contributed by atoms with Crippen LogP contribution < -0.4 is 5.73 Å². The summed E-state index contributed by atoms with van der Waals surface area (Å²) in [6.07, 6.45) is 10.6. The third kappa shape index (κ3) is 3.60. The van der Waals surface area contributed by atoms with Gasteiger partial charge in [0.1, 0.15) is 0 Å². The van der Waals surface area contributed by atoms with Crippen LogP contribution in [0.3, 0.4) is 0 Å². The lowest BCUT2D eigenvalue weighted by Gasteiger charge is -2.10. The van der Waals surface area contributed by atoms with E-state index in [1.807, 2.05) is 12.2 Å². The number of fused-ring (bicyclic) bond motifs is 6. The first kappa shape index (κ1) is 22.2. The van der Waals surface area contributed by atoms with E-state index < -0.39 is 0 Å². The second-order valence-corrected chi connectivity index (χ2v) is 9.65. The Labute approximate surface area is 221 Å². The van der Waals surface area contributed by atoms with Gasteiger partial charge < -0.3 is 14.9 Å². The van der Waals surface area contributed by atoms with Crippen molar-refractivity contribution in [2.24, 2.45) is 5.73 Å². The molecule has 3 heteroatoms. The smallest absolute Gasteiger partial charge is 0.0547 e. The van der Waals surface area contributed by atoms with E-state index in [-0.39, 0.29) is 0 Å². The van der Waals surface area contributed by atoms with Crippen molar-refractivity contribution in [1.29, 1.82) is 0 Å². The monoisotopic (exact) mass is 489 g/mol. The molecule has 5 aromatic carbocycles. The van der Waals surface area contributed by atoms with E-state index in [1.165, 1.54) is 60.4 Å². The molecule has 38 heavy (non-hydrogen) atoms. The molecule has 7 aromatic rings. The standard InChI is InChI=1S/C35H27N3/c36-21-8-2-3-9-25-14-17-28(18-15-25)38-34-13-7-6-12-29(34)32-23-26-16-19-33-30(31(26)24-35(32)38)20-22-37(33)27-10-4-1-5-11-27/h1-8,10-24H,9,36H2/b3-2-,21-8-. The van der Waals surface area contributed by atoms with Crippen LogP contribution in [0.5, 0.6) is 0 Å². The summed E-state index contributed by atoms with van der Waals surface area (Å²) in [6.45, 7) is 0. The van der Waals surface area contributed by atoms with Crippen LogP contribution in [0.2, 0.25) is 0 Å². The predicted octanol–water partition coefficient (Wildman–Crippen LogP) is 8.45. The Morgan fingerprint density at radius 2 is 1.37 bits per heavy atom. The van der Waals surface area contributed by atoms with E-state index in [0.29, 0.717) is 0 Å². The molecule has 0 bridgehead atoms. The van der Waals surface area contributed by atoms with E-state index >= 15 is 0 Å². The largest absolute Gasteiger partial charge is 0.405 e. The molecular formula is C35H27N3. The Hall–Kier alpha value is -5.02. The number of hydrogen-bond donors (Lipinski definition) is 1. The first-order chi connectivity index (χ1) is 18.8.